The van der Waals surface area contributed by atoms with Crippen LogP contribution in [0.3, 0.4) is 0 Å². The number of likely N-dealkylation sites (tertiary alicyclic amines) is 1. The van der Waals surface area contributed by atoms with Gasteiger partial charge in [0.2, 0.25) is 5.91 Å². The molecule has 4 amide bonds. The average Bonchev–Trinajstić information content (AvgIpc) is 3.71. The number of carbonyl (C=O) groups is 3. The second kappa shape index (κ2) is 16.1. The van der Waals surface area contributed by atoms with Crippen molar-refractivity contribution in [3.8, 4) is 22.8 Å². The third-order valence-electron chi connectivity index (χ3n) is 10.6. The summed E-state index contributed by atoms with van der Waals surface area (Å²) in [6, 6.07) is 22.0. The molecule has 3 heterocycles. The van der Waals surface area contributed by atoms with Gasteiger partial charge in [-0.25, -0.2) is 22.9 Å². The number of pyridine rings is 1. The van der Waals surface area contributed by atoms with Crippen molar-refractivity contribution in [3.05, 3.63) is 91.0 Å². The highest BCUT2D eigenvalue weighted by Crippen LogP contribution is 2.46. The van der Waals surface area contributed by atoms with E-state index in [0.717, 1.165) is 36.6 Å². The molecule has 3 aliphatic rings. The summed E-state index contributed by atoms with van der Waals surface area (Å²) < 4.78 is 41.9. The van der Waals surface area contributed by atoms with Crippen molar-refractivity contribution in [1.82, 2.24) is 25.2 Å². The molecule has 4 atom stereocenters. The predicted octanol–water partition coefficient (Wildman–Crippen LogP) is 6.16. The highest BCUT2D eigenvalue weighted by Gasteiger charge is 2.61. The fourth-order valence-corrected chi connectivity index (χ4v) is 8.76. The first kappa shape index (κ1) is 39.6. The predicted molar refractivity (Wildman–Crippen MR) is 218 cm³/mol. The van der Waals surface area contributed by atoms with Crippen LogP contribution in [-0.4, -0.2) is 79.6 Å². The second-order valence-corrected chi connectivity index (χ2v) is 17.6. The molecule has 1 saturated heterocycles. The Labute approximate surface area is 333 Å². The zero-order chi connectivity index (χ0) is 40.4. The number of amides is 4. The van der Waals surface area contributed by atoms with Gasteiger partial charge in [-0.3, -0.25) is 9.59 Å². The molecule has 4 aromatic rings. The number of ether oxygens (including phenoxy) is 2. The summed E-state index contributed by atoms with van der Waals surface area (Å²) in [5.74, 6) is -0.706. The summed E-state index contributed by atoms with van der Waals surface area (Å²) in [6.45, 7) is 6.20. The molecule has 2 aliphatic heterocycles. The van der Waals surface area contributed by atoms with Crippen LogP contribution in [-0.2, 0) is 19.6 Å². The van der Waals surface area contributed by atoms with E-state index < -0.39 is 57.0 Å². The van der Waals surface area contributed by atoms with Crippen LogP contribution in [0.15, 0.2) is 95.9 Å². The van der Waals surface area contributed by atoms with E-state index in [4.69, 9.17) is 14.5 Å². The molecular weight excluding hydrogens is 745 g/mol. The fraction of sp³-hybridized carbons (Fsp3) is 0.395. The van der Waals surface area contributed by atoms with E-state index in [2.05, 4.69) is 20.7 Å². The Hall–Kier alpha value is -5.63. The number of benzene rings is 3. The Morgan fingerprint density at radius 2 is 1.75 bits per heavy atom. The molecule has 57 heavy (non-hydrogen) atoms. The maximum absolute atomic E-state index is 14.5. The number of carbonyl (C=O) groups excluding carboxylic acids is 3. The molecule has 0 spiro atoms. The van der Waals surface area contributed by atoms with E-state index in [1.54, 1.807) is 25.3 Å². The molecule has 4 N–H and O–H groups in total. The monoisotopic (exact) mass is 794 g/mol. The molecule has 1 saturated carbocycles. The standard InChI is InChI=1S/C43H50N6O7S/c1-42(2,3)47-41(52)49-27-31(56-37-25-34(28-15-9-8-10-16-28)45-35-23-30(55-4)20-21-32(35)37)24-36(49)39(50)46-43-26-29(43)17-11-6-5-7-14-22-44-33-18-12-13-19-38(33)57(53,54)48-40(43)51/h8-13,15-21,23,25,29,31,36,44H,5-7,14,22,24,26-27H2,1-4H3,(H,46,50)(H,47,52)(H,48,51)/b17-11-/t29-,31+,36-,43+/m0/s1. The topological polar surface area (TPSA) is 168 Å². The van der Waals surface area contributed by atoms with Crippen LogP contribution in [0.25, 0.3) is 22.2 Å². The molecule has 0 unspecified atom stereocenters. The van der Waals surface area contributed by atoms with E-state index in [-0.39, 0.29) is 24.3 Å². The molecule has 1 aliphatic carbocycles. The minimum absolute atomic E-state index is 0.0549. The van der Waals surface area contributed by atoms with Gasteiger partial charge in [0, 0.05) is 47.5 Å². The number of para-hydroxylation sites is 1. The minimum atomic E-state index is -4.33. The molecular formula is C43H50N6O7S. The molecule has 13 nitrogen and oxygen atoms in total. The van der Waals surface area contributed by atoms with Gasteiger partial charge in [0.05, 0.1) is 30.6 Å². The van der Waals surface area contributed by atoms with Gasteiger partial charge >= 0.3 is 6.03 Å². The zero-order valence-electron chi connectivity index (χ0n) is 32.7. The number of fused-ring (bicyclic) bond motifs is 3. The van der Waals surface area contributed by atoms with Crippen molar-refractivity contribution in [1.29, 1.82) is 0 Å². The van der Waals surface area contributed by atoms with Crippen LogP contribution >= 0.6 is 0 Å². The summed E-state index contributed by atoms with van der Waals surface area (Å²) in [5.41, 5.74) is 0.446. The van der Waals surface area contributed by atoms with E-state index >= 15 is 0 Å². The number of sulfonamides is 1. The van der Waals surface area contributed by atoms with Gasteiger partial charge in [-0.15, -0.1) is 0 Å². The number of urea groups is 1. The van der Waals surface area contributed by atoms with Crippen molar-refractivity contribution in [2.24, 2.45) is 5.92 Å². The van der Waals surface area contributed by atoms with Crippen molar-refractivity contribution >= 4 is 44.5 Å². The molecule has 2 fully saturated rings. The van der Waals surface area contributed by atoms with Crippen LogP contribution in [0, 0.1) is 5.92 Å². The lowest BCUT2D eigenvalue weighted by molar-refractivity contribution is -0.131. The van der Waals surface area contributed by atoms with Gasteiger partial charge in [0.15, 0.2) is 0 Å². The normalized spacial score (nSPS) is 24.0. The summed E-state index contributed by atoms with van der Waals surface area (Å²) in [7, 11) is -2.74. The first-order chi connectivity index (χ1) is 27.3. The molecule has 1 aromatic heterocycles. The van der Waals surface area contributed by atoms with Crippen LogP contribution in [0.4, 0.5) is 10.5 Å². The third-order valence-corrected chi connectivity index (χ3v) is 11.9. The van der Waals surface area contributed by atoms with Crippen LogP contribution in [0.2, 0.25) is 0 Å². The first-order valence-corrected chi connectivity index (χ1v) is 20.9. The Bertz CT molecular complexity index is 2290. The van der Waals surface area contributed by atoms with E-state index in [0.29, 0.717) is 34.9 Å². The molecule has 7 rings (SSSR count). The Kier molecular flexibility index (Phi) is 11.2. The molecule has 14 heteroatoms. The van der Waals surface area contributed by atoms with E-state index in [1.807, 2.05) is 87.5 Å². The lowest BCUT2D eigenvalue weighted by Gasteiger charge is -2.30. The van der Waals surface area contributed by atoms with E-state index in [1.165, 1.54) is 11.0 Å². The number of anilines is 1. The fourth-order valence-electron chi connectivity index (χ4n) is 7.53. The summed E-state index contributed by atoms with van der Waals surface area (Å²) in [4.78, 5) is 48.8. The highest BCUT2D eigenvalue weighted by atomic mass is 32.2. The lowest BCUT2D eigenvalue weighted by atomic mass is 10.1. The van der Waals surface area contributed by atoms with Crippen LogP contribution < -0.4 is 30.1 Å². The van der Waals surface area contributed by atoms with E-state index in [9.17, 15) is 22.8 Å². The Morgan fingerprint density at radius 3 is 2.53 bits per heavy atom. The van der Waals surface area contributed by atoms with Gasteiger partial charge < -0.3 is 30.3 Å². The second-order valence-electron chi connectivity index (χ2n) is 16.0. The van der Waals surface area contributed by atoms with Crippen LogP contribution in [0.1, 0.15) is 59.3 Å². The van der Waals surface area contributed by atoms with Crippen molar-refractivity contribution < 1.29 is 32.3 Å². The van der Waals surface area contributed by atoms with Crippen molar-refractivity contribution in [3.63, 3.8) is 0 Å². The number of aromatic nitrogens is 1. The molecule has 3 aromatic carbocycles. The highest BCUT2D eigenvalue weighted by molar-refractivity contribution is 7.90. The summed E-state index contributed by atoms with van der Waals surface area (Å²) >= 11 is 0. The number of allylic oxidation sites excluding steroid dienone is 1. The Morgan fingerprint density at radius 1 is 0.982 bits per heavy atom. The SMILES string of the molecule is COc1ccc2c(O[C@@H]3C[C@@H](C(=O)N[C@]45C[C@@H]4/C=C\CCCCCNc4ccccc4S(=O)(=O)NC5=O)N(C(=O)NC(C)(C)C)C3)cc(-c3ccccc3)nc2c1. The number of nitrogens with zero attached hydrogens (tertiary/aromatic N) is 2. The zero-order valence-corrected chi connectivity index (χ0v) is 33.5. The largest absolute Gasteiger partial charge is 0.497 e. The minimum Gasteiger partial charge on any atom is -0.497 e. The summed E-state index contributed by atoms with van der Waals surface area (Å²) in [5, 5.41) is 9.83. The summed E-state index contributed by atoms with van der Waals surface area (Å²) in [6.07, 6.45) is 7.05. The first-order valence-electron chi connectivity index (χ1n) is 19.4. The molecule has 0 bridgehead atoms. The molecule has 300 valence electrons. The number of hydrogen-bond donors (Lipinski definition) is 4. The number of rotatable bonds is 6. The maximum Gasteiger partial charge on any atom is 0.318 e. The third kappa shape index (κ3) is 8.85. The van der Waals surface area contributed by atoms with Gasteiger partial charge in [-0.2, -0.15) is 0 Å². The number of hydrogen-bond acceptors (Lipinski definition) is 9. The number of methoxy groups -OCH3 is 1. The average molecular weight is 795 g/mol. The van der Waals surface area contributed by atoms with Crippen LogP contribution in [0.5, 0.6) is 11.5 Å². The Balaban J connectivity index is 1.19. The maximum atomic E-state index is 14.5. The van der Waals surface area contributed by atoms with Gasteiger partial charge in [-0.05, 0) is 70.7 Å². The quantitative estimate of drug-likeness (QED) is 0.167. The smallest absolute Gasteiger partial charge is 0.318 e. The number of nitrogens with one attached hydrogen (secondary N) is 4. The lowest BCUT2D eigenvalue weighted by Crippen LogP contribution is -2.58. The van der Waals surface area contributed by atoms with Gasteiger partial charge in [0.25, 0.3) is 15.9 Å². The van der Waals surface area contributed by atoms with Crippen molar-refractivity contribution in [2.45, 2.75) is 87.4 Å². The van der Waals surface area contributed by atoms with Gasteiger partial charge in [-0.1, -0.05) is 61.0 Å². The molecule has 0 radical (unpaired) electrons. The van der Waals surface area contributed by atoms with Crippen molar-refractivity contribution in [2.75, 3.05) is 25.5 Å². The van der Waals surface area contributed by atoms with Gasteiger partial charge in [0.1, 0.15) is 34.1 Å².